The fourth-order valence-corrected chi connectivity index (χ4v) is 4.17. The van der Waals surface area contributed by atoms with Crippen LogP contribution < -0.4 is 10.2 Å². The molecule has 0 amide bonds. The van der Waals surface area contributed by atoms with E-state index in [1.807, 2.05) is 48.5 Å². The normalized spacial score (nSPS) is 11.2. The summed E-state index contributed by atoms with van der Waals surface area (Å²) in [5.41, 5.74) is 1.73. The summed E-state index contributed by atoms with van der Waals surface area (Å²) in [7, 11) is 0. The zero-order chi connectivity index (χ0) is 21.4. The quantitative estimate of drug-likeness (QED) is 0.286. The van der Waals surface area contributed by atoms with E-state index in [0.717, 1.165) is 16.3 Å². The van der Waals surface area contributed by atoms with Crippen molar-refractivity contribution in [2.24, 2.45) is 0 Å². The molecule has 152 valence electrons. The van der Waals surface area contributed by atoms with E-state index in [2.05, 4.69) is 0 Å². The van der Waals surface area contributed by atoms with Crippen LogP contribution in [0, 0.1) is 0 Å². The standard InChI is InChI=1S/C26H16Cl2O3/c27-18-12-13-20(22(28)14-18)25-26(24(29)21-10-3-4-11-23(21)31-25)30-15-17-8-5-7-16-6-1-2-9-19(16)17/h1-14H,15H2. The predicted molar refractivity (Wildman–Crippen MR) is 126 cm³/mol. The average Bonchev–Trinajstić information content (AvgIpc) is 2.78. The van der Waals surface area contributed by atoms with Crippen LogP contribution in [0.4, 0.5) is 0 Å². The molecule has 5 heteroatoms. The van der Waals surface area contributed by atoms with Crippen LogP contribution in [-0.4, -0.2) is 0 Å². The molecule has 5 aromatic rings. The Morgan fingerprint density at radius 2 is 1.55 bits per heavy atom. The molecule has 0 aliphatic rings. The summed E-state index contributed by atoms with van der Waals surface area (Å²) in [5.74, 6) is 0.404. The molecule has 31 heavy (non-hydrogen) atoms. The molecule has 0 aliphatic carbocycles. The first-order valence-electron chi connectivity index (χ1n) is 9.72. The number of ether oxygens (including phenoxy) is 1. The highest BCUT2D eigenvalue weighted by molar-refractivity contribution is 6.36. The Kier molecular flexibility index (Phi) is 5.14. The maximum absolute atomic E-state index is 13.3. The van der Waals surface area contributed by atoms with E-state index in [-0.39, 0.29) is 23.5 Å². The van der Waals surface area contributed by atoms with E-state index in [9.17, 15) is 4.79 Å². The van der Waals surface area contributed by atoms with E-state index in [4.69, 9.17) is 32.4 Å². The molecule has 1 aromatic heterocycles. The molecule has 0 aliphatic heterocycles. The first-order valence-corrected chi connectivity index (χ1v) is 10.5. The van der Waals surface area contributed by atoms with Crippen LogP contribution in [0.5, 0.6) is 5.75 Å². The summed E-state index contributed by atoms with van der Waals surface area (Å²) in [6.45, 7) is 0.211. The number of fused-ring (bicyclic) bond motifs is 2. The van der Waals surface area contributed by atoms with Crippen molar-refractivity contribution in [2.45, 2.75) is 6.61 Å². The predicted octanol–water partition coefficient (Wildman–Crippen LogP) is 7.50. The SMILES string of the molecule is O=c1c(OCc2cccc3ccccc23)c(-c2ccc(Cl)cc2Cl)oc2ccccc12. The zero-order valence-electron chi connectivity index (χ0n) is 16.3. The largest absolute Gasteiger partial charge is 0.481 e. The molecule has 0 saturated heterocycles. The van der Waals surface area contributed by atoms with Crippen molar-refractivity contribution in [2.75, 3.05) is 0 Å². The number of hydrogen-bond donors (Lipinski definition) is 0. The highest BCUT2D eigenvalue weighted by Crippen LogP contribution is 2.37. The summed E-state index contributed by atoms with van der Waals surface area (Å²) >= 11 is 12.5. The summed E-state index contributed by atoms with van der Waals surface area (Å²) in [6, 6.07) is 26.2. The lowest BCUT2D eigenvalue weighted by Crippen LogP contribution is -2.10. The van der Waals surface area contributed by atoms with Crippen LogP contribution in [0.3, 0.4) is 0 Å². The van der Waals surface area contributed by atoms with E-state index in [1.165, 1.54) is 0 Å². The number of benzene rings is 4. The van der Waals surface area contributed by atoms with Gasteiger partial charge in [-0.1, -0.05) is 77.8 Å². The molecule has 5 rings (SSSR count). The Bertz CT molecular complexity index is 1480. The lowest BCUT2D eigenvalue weighted by atomic mass is 10.1. The highest BCUT2D eigenvalue weighted by Gasteiger charge is 2.20. The van der Waals surface area contributed by atoms with Gasteiger partial charge in [0.1, 0.15) is 12.2 Å². The number of halogens is 2. The molecule has 0 fully saturated rings. The van der Waals surface area contributed by atoms with Gasteiger partial charge in [0.25, 0.3) is 0 Å². The lowest BCUT2D eigenvalue weighted by molar-refractivity contribution is 0.299. The van der Waals surface area contributed by atoms with Crippen LogP contribution in [-0.2, 0) is 6.61 Å². The van der Waals surface area contributed by atoms with Crippen molar-refractivity contribution in [3.05, 3.63) is 111 Å². The van der Waals surface area contributed by atoms with E-state index in [1.54, 1.807) is 36.4 Å². The van der Waals surface area contributed by atoms with Gasteiger partial charge >= 0.3 is 0 Å². The topological polar surface area (TPSA) is 39.4 Å². The van der Waals surface area contributed by atoms with Crippen molar-refractivity contribution in [1.29, 1.82) is 0 Å². The van der Waals surface area contributed by atoms with Gasteiger partial charge in [-0.25, -0.2) is 0 Å². The third-order valence-corrected chi connectivity index (χ3v) is 5.73. The number of rotatable bonds is 4. The third kappa shape index (κ3) is 3.67. The molecule has 0 bridgehead atoms. The maximum Gasteiger partial charge on any atom is 0.235 e. The second kappa shape index (κ2) is 8.10. The molecule has 4 aromatic carbocycles. The highest BCUT2D eigenvalue weighted by atomic mass is 35.5. The fraction of sp³-hybridized carbons (Fsp3) is 0.0385. The molecule has 3 nitrogen and oxygen atoms in total. The van der Waals surface area contributed by atoms with Crippen molar-refractivity contribution in [3.63, 3.8) is 0 Å². The van der Waals surface area contributed by atoms with Crippen molar-refractivity contribution in [1.82, 2.24) is 0 Å². The van der Waals surface area contributed by atoms with Crippen LogP contribution >= 0.6 is 23.2 Å². The molecule has 0 N–H and O–H groups in total. The summed E-state index contributed by atoms with van der Waals surface area (Å²) < 4.78 is 12.2. The van der Waals surface area contributed by atoms with Crippen molar-refractivity contribution >= 4 is 44.9 Å². The second-order valence-electron chi connectivity index (χ2n) is 7.14. The first-order chi connectivity index (χ1) is 15.1. The van der Waals surface area contributed by atoms with Gasteiger partial charge in [-0.3, -0.25) is 4.79 Å². The molecular formula is C26H16Cl2O3. The third-order valence-electron chi connectivity index (χ3n) is 5.18. The first kappa shape index (κ1) is 19.7. The van der Waals surface area contributed by atoms with Gasteiger partial charge in [-0.15, -0.1) is 0 Å². The minimum absolute atomic E-state index is 0.121. The summed E-state index contributed by atoms with van der Waals surface area (Å²) in [5, 5.41) is 3.50. The monoisotopic (exact) mass is 446 g/mol. The number of para-hydroxylation sites is 1. The summed E-state index contributed by atoms with van der Waals surface area (Å²) in [4.78, 5) is 13.3. The van der Waals surface area contributed by atoms with Gasteiger partial charge in [0.2, 0.25) is 11.2 Å². The molecular weight excluding hydrogens is 431 g/mol. The maximum atomic E-state index is 13.3. The van der Waals surface area contributed by atoms with E-state index < -0.39 is 0 Å². The Balaban J connectivity index is 1.66. The minimum Gasteiger partial charge on any atom is -0.481 e. The molecule has 0 spiro atoms. The summed E-state index contributed by atoms with van der Waals surface area (Å²) in [6.07, 6.45) is 0. The van der Waals surface area contributed by atoms with Crippen LogP contribution in [0.25, 0.3) is 33.1 Å². The molecule has 0 atom stereocenters. The zero-order valence-corrected chi connectivity index (χ0v) is 17.8. The van der Waals surface area contributed by atoms with Crippen LogP contribution in [0.15, 0.2) is 94.1 Å². The van der Waals surface area contributed by atoms with Gasteiger partial charge in [-0.05, 0) is 46.7 Å². The number of hydrogen-bond acceptors (Lipinski definition) is 3. The van der Waals surface area contributed by atoms with Gasteiger partial charge in [-0.2, -0.15) is 0 Å². The van der Waals surface area contributed by atoms with E-state index in [0.29, 0.717) is 26.6 Å². The van der Waals surface area contributed by atoms with Crippen molar-refractivity contribution in [3.8, 4) is 17.1 Å². The average molecular weight is 447 g/mol. The van der Waals surface area contributed by atoms with Crippen LogP contribution in [0.2, 0.25) is 10.0 Å². The minimum atomic E-state index is -0.247. The molecule has 0 unspecified atom stereocenters. The van der Waals surface area contributed by atoms with Gasteiger partial charge < -0.3 is 9.15 Å². The molecule has 0 saturated carbocycles. The smallest absolute Gasteiger partial charge is 0.235 e. The molecule has 0 radical (unpaired) electrons. The van der Waals surface area contributed by atoms with Crippen molar-refractivity contribution < 1.29 is 9.15 Å². The Labute approximate surface area is 188 Å². The fourth-order valence-electron chi connectivity index (χ4n) is 3.68. The molecule has 1 heterocycles. The lowest BCUT2D eigenvalue weighted by Gasteiger charge is -2.14. The van der Waals surface area contributed by atoms with Gasteiger partial charge in [0.15, 0.2) is 5.76 Å². The van der Waals surface area contributed by atoms with Crippen LogP contribution in [0.1, 0.15) is 5.56 Å². The Morgan fingerprint density at radius 3 is 2.39 bits per heavy atom. The van der Waals surface area contributed by atoms with Gasteiger partial charge in [0, 0.05) is 10.6 Å². The van der Waals surface area contributed by atoms with Gasteiger partial charge in [0.05, 0.1) is 10.4 Å². The van der Waals surface area contributed by atoms with E-state index >= 15 is 0 Å². The Hall–Kier alpha value is -3.27. The Morgan fingerprint density at radius 1 is 0.806 bits per heavy atom. The second-order valence-corrected chi connectivity index (χ2v) is 7.98.